The summed E-state index contributed by atoms with van der Waals surface area (Å²) in [6, 6.07) is 13.0. The largest absolute Gasteiger partial charge is 0.491 e. The van der Waals surface area contributed by atoms with Crippen LogP contribution >= 0.6 is 0 Å². The summed E-state index contributed by atoms with van der Waals surface area (Å²) in [5, 5.41) is 9.08. The number of para-hydroxylation sites is 1. The number of nitrogens with zero attached hydrogens (tertiary/aromatic N) is 1. The van der Waals surface area contributed by atoms with E-state index in [0.717, 1.165) is 36.3 Å². The molecule has 1 fully saturated rings. The number of carbonyl (C=O) groups is 2. The summed E-state index contributed by atoms with van der Waals surface area (Å²) in [4.78, 5) is 26.7. The summed E-state index contributed by atoms with van der Waals surface area (Å²) in [5.41, 5.74) is 1.71. The van der Waals surface area contributed by atoms with Crippen LogP contribution in [-0.2, 0) is 19.7 Å². The minimum atomic E-state index is -1.04. The molecule has 0 radical (unpaired) electrons. The van der Waals surface area contributed by atoms with Crippen molar-refractivity contribution < 1.29 is 28.9 Å². The van der Waals surface area contributed by atoms with Gasteiger partial charge in [0, 0.05) is 23.9 Å². The molecule has 3 atom stereocenters. The lowest BCUT2D eigenvalue weighted by Gasteiger charge is -2.24. The smallest absolute Gasteiger partial charge is 0.344 e. The molecule has 0 aliphatic carbocycles. The minimum Gasteiger partial charge on any atom is -0.491 e. The highest BCUT2D eigenvalue weighted by atomic mass is 16.5. The molecule has 5 rings (SSSR count). The summed E-state index contributed by atoms with van der Waals surface area (Å²) in [6.45, 7) is 2.95. The van der Waals surface area contributed by atoms with Crippen molar-refractivity contribution in [2.75, 3.05) is 24.7 Å². The fraction of sp³-hybridized carbons (Fsp3) is 0.391. The van der Waals surface area contributed by atoms with Gasteiger partial charge in [0.15, 0.2) is 6.10 Å². The van der Waals surface area contributed by atoms with Crippen molar-refractivity contribution >= 4 is 17.6 Å². The lowest BCUT2D eigenvalue weighted by Crippen LogP contribution is -2.44. The normalized spacial score (nSPS) is 25.2. The standard InChI is InChI=1S/C23H23NO6/c1-14(21(25)26)30-15-8-9-18-20(11-15)29-13-23(18)17-6-2-3-7-19(17)24(22(23)27)12-16-5-4-10-28-16/h2-3,6-9,11,14,16H,4-5,10,12-13H2,1H3,(H,25,26)/t14?,16-,23?/m1/s1. The van der Waals surface area contributed by atoms with Crippen molar-refractivity contribution in [3.8, 4) is 11.5 Å². The average Bonchev–Trinajstić information content (AvgIpc) is 3.44. The van der Waals surface area contributed by atoms with Gasteiger partial charge in [0.05, 0.1) is 12.6 Å². The van der Waals surface area contributed by atoms with Gasteiger partial charge in [0.1, 0.15) is 23.5 Å². The molecule has 2 unspecified atom stereocenters. The van der Waals surface area contributed by atoms with E-state index < -0.39 is 17.5 Å². The molecule has 3 aliphatic heterocycles. The molecule has 7 nitrogen and oxygen atoms in total. The number of carboxylic acid groups (broad SMARTS) is 1. The second-order valence-electron chi connectivity index (χ2n) is 8.02. The van der Waals surface area contributed by atoms with Crippen molar-refractivity contribution in [2.45, 2.75) is 37.4 Å². The average molecular weight is 409 g/mol. The van der Waals surface area contributed by atoms with Crippen LogP contribution < -0.4 is 14.4 Å². The van der Waals surface area contributed by atoms with E-state index in [-0.39, 0.29) is 18.6 Å². The molecule has 0 saturated carbocycles. The van der Waals surface area contributed by atoms with Crippen LogP contribution in [-0.4, -0.2) is 48.9 Å². The summed E-state index contributed by atoms with van der Waals surface area (Å²) in [5.74, 6) is -0.106. The molecule has 30 heavy (non-hydrogen) atoms. The second-order valence-corrected chi connectivity index (χ2v) is 8.02. The quantitative estimate of drug-likeness (QED) is 0.817. The topological polar surface area (TPSA) is 85.3 Å². The molecular weight excluding hydrogens is 386 g/mol. The number of anilines is 1. The van der Waals surface area contributed by atoms with Crippen molar-refractivity contribution in [2.24, 2.45) is 0 Å². The van der Waals surface area contributed by atoms with Crippen molar-refractivity contribution in [1.82, 2.24) is 0 Å². The van der Waals surface area contributed by atoms with E-state index in [1.54, 1.807) is 12.1 Å². The van der Waals surface area contributed by atoms with Gasteiger partial charge < -0.3 is 24.2 Å². The van der Waals surface area contributed by atoms with Gasteiger partial charge in [0.25, 0.3) is 0 Å². The molecule has 156 valence electrons. The first-order valence-corrected chi connectivity index (χ1v) is 10.2. The van der Waals surface area contributed by atoms with Crippen LogP contribution in [0.5, 0.6) is 11.5 Å². The van der Waals surface area contributed by atoms with E-state index in [1.165, 1.54) is 6.92 Å². The Morgan fingerprint density at radius 2 is 2.13 bits per heavy atom. The number of fused-ring (bicyclic) bond motifs is 4. The Bertz CT molecular complexity index is 1010. The summed E-state index contributed by atoms with van der Waals surface area (Å²) in [7, 11) is 0. The number of ether oxygens (including phenoxy) is 3. The van der Waals surface area contributed by atoms with E-state index in [0.29, 0.717) is 18.0 Å². The number of aliphatic carboxylic acids is 1. The number of hydrogen-bond donors (Lipinski definition) is 1. The van der Waals surface area contributed by atoms with Crippen LogP contribution in [0.3, 0.4) is 0 Å². The van der Waals surface area contributed by atoms with E-state index >= 15 is 0 Å². The van der Waals surface area contributed by atoms with Crippen molar-refractivity contribution in [3.63, 3.8) is 0 Å². The van der Waals surface area contributed by atoms with Crippen molar-refractivity contribution in [1.29, 1.82) is 0 Å². The maximum Gasteiger partial charge on any atom is 0.344 e. The third kappa shape index (κ3) is 2.76. The van der Waals surface area contributed by atoms with Gasteiger partial charge in [-0.3, -0.25) is 4.79 Å². The molecule has 1 amide bonds. The number of carbonyl (C=O) groups excluding carboxylic acids is 1. The lowest BCUT2D eigenvalue weighted by molar-refractivity contribution is -0.144. The van der Waals surface area contributed by atoms with Gasteiger partial charge in [0.2, 0.25) is 5.91 Å². The Morgan fingerprint density at radius 1 is 1.30 bits per heavy atom. The van der Waals surface area contributed by atoms with E-state index in [2.05, 4.69) is 0 Å². The second kappa shape index (κ2) is 7.02. The Hall–Kier alpha value is -3.06. The summed E-state index contributed by atoms with van der Waals surface area (Å²) in [6.07, 6.45) is 1.04. The number of carboxylic acids is 1. The van der Waals surface area contributed by atoms with Crippen LogP contribution in [0.25, 0.3) is 0 Å². The zero-order valence-electron chi connectivity index (χ0n) is 16.7. The molecule has 0 aromatic heterocycles. The SMILES string of the molecule is CC(Oc1ccc2c(c1)OCC21C(=O)N(C[C@H]2CCCO2)c2ccccc21)C(=O)O. The number of benzene rings is 2. The van der Waals surface area contributed by atoms with Crippen LogP contribution in [0.4, 0.5) is 5.69 Å². The molecule has 7 heteroatoms. The maximum atomic E-state index is 13.8. The monoisotopic (exact) mass is 409 g/mol. The van der Waals surface area contributed by atoms with E-state index in [4.69, 9.17) is 19.3 Å². The van der Waals surface area contributed by atoms with Gasteiger partial charge in [-0.1, -0.05) is 24.3 Å². The maximum absolute atomic E-state index is 13.8. The minimum absolute atomic E-state index is 0.00878. The van der Waals surface area contributed by atoms with Crippen molar-refractivity contribution in [3.05, 3.63) is 53.6 Å². The highest BCUT2D eigenvalue weighted by molar-refractivity contribution is 6.11. The van der Waals surface area contributed by atoms with E-state index in [1.807, 2.05) is 35.2 Å². The third-order valence-corrected chi connectivity index (χ3v) is 6.19. The molecule has 1 saturated heterocycles. The first-order chi connectivity index (χ1) is 14.5. The number of hydrogen-bond acceptors (Lipinski definition) is 5. The Morgan fingerprint density at radius 3 is 2.90 bits per heavy atom. The van der Waals surface area contributed by atoms with Gasteiger partial charge in [-0.25, -0.2) is 4.79 Å². The van der Waals surface area contributed by atoms with Crippen LogP contribution in [0, 0.1) is 0 Å². The molecule has 3 heterocycles. The first kappa shape index (κ1) is 18.9. The van der Waals surface area contributed by atoms with Gasteiger partial charge in [-0.15, -0.1) is 0 Å². The summed E-state index contributed by atoms with van der Waals surface area (Å²) >= 11 is 0. The van der Waals surface area contributed by atoms with Gasteiger partial charge in [-0.2, -0.15) is 0 Å². The van der Waals surface area contributed by atoms with Crippen LogP contribution in [0.2, 0.25) is 0 Å². The molecular formula is C23H23NO6. The van der Waals surface area contributed by atoms with Gasteiger partial charge >= 0.3 is 5.97 Å². The zero-order chi connectivity index (χ0) is 20.9. The molecule has 1 spiro atoms. The number of amides is 1. The zero-order valence-corrected chi connectivity index (χ0v) is 16.7. The molecule has 2 aromatic carbocycles. The third-order valence-electron chi connectivity index (χ3n) is 6.19. The highest BCUT2D eigenvalue weighted by Gasteiger charge is 2.57. The fourth-order valence-corrected chi connectivity index (χ4v) is 4.66. The summed E-state index contributed by atoms with van der Waals surface area (Å²) < 4.78 is 17.2. The molecule has 2 aromatic rings. The van der Waals surface area contributed by atoms with Crippen LogP contribution in [0.15, 0.2) is 42.5 Å². The van der Waals surface area contributed by atoms with Crippen LogP contribution in [0.1, 0.15) is 30.9 Å². The predicted molar refractivity (Wildman–Crippen MR) is 108 cm³/mol. The Kier molecular flexibility index (Phi) is 4.43. The Labute approximate surface area is 174 Å². The molecule has 0 bridgehead atoms. The fourth-order valence-electron chi connectivity index (χ4n) is 4.66. The molecule has 1 N–H and O–H groups in total. The number of rotatable bonds is 5. The molecule has 3 aliphatic rings. The first-order valence-electron chi connectivity index (χ1n) is 10.2. The highest BCUT2D eigenvalue weighted by Crippen LogP contribution is 2.53. The van der Waals surface area contributed by atoms with Gasteiger partial charge in [-0.05, 0) is 37.5 Å². The van der Waals surface area contributed by atoms with E-state index in [9.17, 15) is 9.59 Å². The lowest BCUT2D eigenvalue weighted by atomic mass is 9.77. The predicted octanol–water partition coefficient (Wildman–Crippen LogP) is 2.74. The Balaban J connectivity index is 1.52.